The number of nitrogens with one attached hydrogen (secondary N) is 1. The highest BCUT2D eigenvalue weighted by Crippen LogP contribution is 2.21. The molecule has 2 rings (SSSR count). The van der Waals surface area contributed by atoms with Crippen LogP contribution in [0.25, 0.3) is 0 Å². The third-order valence-electron chi connectivity index (χ3n) is 3.88. The average molecular weight is 261 g/mol. The molecule has 1 heterocycles. The summed E-state index contributed by atoms with van der Waals surface area (Å²) in [6.45, 7) is 10.1. The summed E-state index contributed by atoms with van der Waals surface area (Å²) < 4.78 is 0. The zero-order chi connectivity index (χ0) is 13.7. The molecule has 3 nitrogen and oxygen atoms in total. The lowest BCUT2D eigenvalue weighted by Crippen LogP contribution is -2.48. The standard InChI is InChI=1S/C16H27N3/c1-14(2)17-13-16(15-7-5-4-6-8-15)19-11-9-18(3)10-12-19/h4-8,14,16-17H,9-13H2,1-3H3. The summed E-state index contributed by atoms with van der Waals surface area (Å²) in [5.74, 6) is 0. The summed E-state index contributed by atoms with van der Waals surface area (Å²) in [5, 5.41) is 3.60. The maximum absolute atomic E-state index is 3.60. The van der Waals surface area contributed by atoms with Crippen LogP contribution in [0.1, 0.15) is 25.5 Å². The molecule has 1 aliphatic heterocycles. The summed E-state index contributed by atoms with van der Waals surface area (Å²) in [6, 6.07) is 11.9. The fourth-order valence-electron chi connectivity index (χ4n) is 2.61. The molecule has 19 heavy (non-hydrogen) atoms. The Morgan fingerprint density at radius 2 is 1.68 bits per heavy atom. The Labute approximate surface area is 117 Å². The monoisotopic (exact) mass is 261 g/mol. The third-order valence-corrected chi connectivity index (χ3v) is 3.88. The predicted molar refractivity (Wildman–Crippen MR) is 81.4 cm³/mol. The Morgan fingerprint density at radius 3 is 2.26 bits per heavy atom. The molecule has 1 saturated heterocycles. The van der Waals surface area contributed by atoms with Crippen molar-refractivity contribution in [3.63, 3.8) is 0 Å². The summed E-state index contributed by atoms with van der Waals surface area (Å²) in [6.07, 6.45) is 0. The maximum Gasteiger partial charge on any atom is 0.0473 e. The minimum absolute atomic E-state index is 0.497. The Morgan fingerprint density at radius 1 is 1.05 bits per heavy atom. The first-order valence-corrected chi connectivity index (χ1v) is 7.37. The molecule has 0 bridgehead atoms. The Kier molecular flexibility index (Phi) is 5.37. The van der Waals surface area contributed by atoms with Gasteiger partial charge in [0.05, 0.1) is 0 Å². The molecule has 0 radical (unpaired) electrons. The van der Waals surface area contributed by atoms with Crippen molar-refractivity contribution in [3.05, 3.63) is 35.9 Å². The maximum atomic E-state index is 3.60. The molecule has 1 atom stereocenters. The molecule has 1 unspecified atom stereocenters. The van der Waals surface area contributed by atoms with Gasteiger partial charge in [-0.15, -0.1) is 0 Å². The van der Waals surface area contributed by atoms with E-state index in [2.05, 4.69) is 66.3 Å². The second kappa shape index (κ2) is 7.04. The van der Waals surface area contributed by atoms with Gasteiger partial charge < -0.3 is 10.2 Å². The van der Waals surface area contributed by atoms with Crippen LogP contribution in [0.2, 0.25) is 0 Å². The molecule has 1 aliphatic rings. The zero-order valence-corrected chi connectivity index (χ0v) is 12.5. The van der Waals surface area contributed by atoms with Gasteiger partial charge in [-0.1, -0.05) is 44.2 Å². The van der Waals surface area contributed by atoms with Gasteiger partial charge in [0.1, 0.15) is 0 Å². The van der Waals surface area contributed by atoms with Crippen molar-refractivity contribution in [2.24, 2.45) is 0 Å². The molecular formula is C16H27N3. The van der Waals surface area contributed by atoms with Crippen molar-refractivity contribution in [3.8, 4) is 0 Å². The van der Waals surface area contributed by atoms with Gasteiger partial charge in [-0.25, -0.2) is 0 Å². The van der Waals surface area contributed by atoms with Crippen LogP contribution < -0.4 is 5.32 Å². The number of likely N-dealkylation sites (N-methyl/N-ethyl adjacent to an activating group) is 1. The second-order valence-corrected chi connectivity index (χ2v) is 5.83. The van der Waals surface area contributed by atoms with Gasteiger partial charge in [-0.05, 0) is 12.6 Å². The van der Waals surface area contributed by atoms with Gasteiger partial charge in [0.25, 0.3) is 0 Å². The van der Waals surface area contributed by atoms with Crippen molar-refractivity contribution >= 4 is 0 Å². The van der Waals surface area contributed by atoms with Crippen LogP contribution in [0.3, 0.4) is 0 Å². The first kappa shape index (κ1) is 14.5. The molecule has 106 valence electrons. The van der Waals surface area contributed by atoms with Gasteiger partial charge >= 0.3 is 0 Å². The molecule has 0 aliphatic carbocycles. The quantitative estimate of drug-likeness (QED) is 0.874. The van der Waals surface area contributed by atoms with E-state index in [0.717, 1.165) is 19.6 Å². The second-order valence-electron chi connectivity index (χ2n) is 5.83. The normalized spacial score (nSPS) is 19.8. The highest BCUT2D eigenvalue weighted by atomic mass is 15.3. The molecule has 3 heteroatoms. The van der Waals surface area contributed by atoms with E-state index in [1.165, 1.54) is 18.7 Å². The van der Waals surface area contributed by atoms with Crippen molar-refractivity contribution in [1.82, 2.24) is 15.1 Å². The molecule has 1 N–H and O–H groups in total. The first-order chi connectivity index (χ1) is 9.16. The minimum atomic E-state index is 0.497. The SMILES string of the molecule is CC(C)NCC(c1ccccc1)N1CCN(C)CC1. The summed E-state index contributed by atoms with van der Waals surface area (Å²) in [4.78, 5) is 5.03. The summed E-state index contributed by atoms with van der Waals surface area (Å²) in [7, 11) is 2.21. The lowest BCUT2D eigenvalue weighted by molar-refractivity contribution is 0.109. The molecule has 0 saturated carbocycles. The van der Waals surface area contributed by atoms with Crippen LogP contribution >= 0.6 is 0 Å². The lowest BCUT2D eigenvalue weighted by atomic mass is 10.0. The van der Waals surface area contributed by atoms with E-state index in [1.807, 2.05) is 0 Å². The highest BCUT2D eigenvalue weighted by molar-refractivity contribution is 5.19. The van der Waals surface area contributed by atoms with Crippen LogP contribution in [0.15, 0.2) is 30.3 Å². The number of hydrogen-bond donors (Lipinski definition) is 1. The predicted octanol–water partition coefficient (Wildman–Crippen LogP) is 1.97. The number of nitrogens with zero attached hydrogens (tertiary/aromatic N) is 2. The molecule has 1 aromatic carbocycles. The van der Waals surface area contributed by atoms with Gasteiger partial charge in [0.15, 0.2) is 0 Å². The van der Waals surface area contributed by atoms with Crippen LogP contribution in [0, 0.1) is 0 Å². The number of rotatable bonds is 5. The summed E-state index contributed by atoms with van der Waals surface area (Å²) in [5.41, 5.74) is 1.43. The third kappa shape index (κ3) is 4.30. The largest absolute Gasteiger partial charge is 0.313 e. The zero-order valence-electron chi connectivity index (χ0n) is 12.5. The Hall–Kier alpha value is -0.900. The number of benzene rings is 1. The van der Waals surface area contributed by atoms with Crippen molar-refractivity contribution in [2.45, 2.75) is 25.9 Å². The smallest absolute Gasteiger partial charge is 0.0473 e. The van der Waals surface area contributed by atoms with Crippen LogP contribution in [-0.4, -0.2) is 55.6 Å². The Bertz CT molecular complexity index is 356. The van der Waals surface area contributed by atoms with Crippen molar-refractivity contribution in [1.29, 1.82) is 0 Å². The van der Waals surface area contributed by atoms with E-state index < -0.39 is 0 Å². The van der Waals surface area contributed by atoms with Gasteiger partial charge in [0, 0.05) is 44.8 Å². The minimum Gasteiger partial charge on any atom is -0.313 e. The van der Waals surface area contributed by atoms with E-state index in [4.69, 9.17) is 0 Å². The van der Waals surface area contributed by atoms with Crippen LogP contribution in [-0.2, 0) is 0 Å². The van der Waals surface area contributed by atoms with Gasteiger partial charge in [-0.2, -0.15) is 0 Å². The fourth-order valence-corrected chi connectivity index (χ4v) is 2.61. The fraction of sp³-hybridized carbons (Fsp3) is 0.625. The van der Waals surface area contributed by atoms with E-state index in [1.54, 1.807) is 0 Å². The van der Waals surface area contributed by atoms with Crippen molar-refractivity contribution in [2.75, 3.05) is 39.8 Å². The highest BCUT2D eigenvalue weighted by Gasteiger charge is 2.23. The number of hydrogen-bond acceptors (Lipinski definition) is 3. The van der Waals surface area contributed by atoms with Gasteiger partial charge in [0.2, 0.25) is 0 Å². The first-order valence-electron chi connectivity index (χ1n) is 7.37. The molecule has 0 spiro atoms. The van der Waals surface area contributed by atoms with E-state index in [0.29, 0.717) is 12.1 Å². The van der Waals surface area contributed by atoms with E-state index in [9.17, 15) is 0 Å². The molecule has 0 amide bonds. The molecule has 1 fully saturated rings. The Balaban J connectivity index is 2.05. The number of piperazine rings is 1. The topological polar surface area (TPSA) is 18.5 Å². The van der Waals surface area contributed by atoms with Gasteiger partial charge in [-0.3, -0.25) is 4.90 Å². The van der Waals surface area contributed by atoms with E-state index in [-0.39, 0.29) is 0 Å². The van der Waals surface area contributed by atoms with Crippen LogP contribution in [0.5, 0.6) is 0 Å². The van der Waals surface area contributed by atoms with E-state index >= 15 is 0 Å². The molecular weight excluding hydrogens is 234 g/mol. The molecule has 1 aromatic rings. The van der Waals surface area contributed by atoms with Crippen molar-refractivity contribution < 1.29 is 0 Å². The lowest BCUT2D eigenvalue weighted by Gasteiger charge is -2.38. The summed E-state index contributed by atoms with van der Waals surface area (Å²) >= 11 is 0. The van der Waals surface area contributed by atoms with Crippen LogP contribution in [0.4, 0.5) is 0 Å². The molecule has 0 aromatic heterocycles. The average Bonchev–Trinajstić information content (AvgIpc) is 2.42.